The number of aromatic nitrogens is 1. The average molecular weight is 299 g/mol. The van der Waals surface area contributed by atoms with E-state index in [0.29, 0.717) is 50.1 Å². The van der Waals surface area contributed by atoms with Crippen molar-refractivity contribution >= 4 is 28.3 Å². The molecule has 8 heteroatoms. The maximum Gasteiger partial charge on any atom is 0.347 e. The number of aromatic carboxylic acids is 1. The quantitative estimate of drug-likeness (QED) is 0.836. The zero-order chi connectivity index (χ0) is 14.5. The van der Waals surface area contributed by atoms with Gasteiger partial charge in [0, 0.05) is 26.1 Å². The van der Waals surface area contributed by atoms with Gasteiger partial charge in [-0.3, -0.25) is 4.79 Å². The Bertz CT molecular complexity index is 497. The molecule has 1 aliphatic heterocycles. The lowest BCUT2D eigenvalue weighted by atomic mass is 10.3. The van der Waals surface area contributed by atoms with Crippen LogP contribution < -0.4 is 5.32 Å². The maximum absolute atomic E-state index is 11.9. The number of hydrogen-bond donors (Lipinski definition) is 2. The van der Waals surface area contributed by atoms with Gasteiger partial charge in [0.2, 0.25) is 5.91 Å². The van der Waals surface area contributed by atoms with Gasteiger partial charge in [-0.15, -0.1) is 0 Å². The summed E-state index contributed by atoms with van der Waals surface area (Å²) >= 11 is 1.09. The molecule has 0 radical (unpaired) electrons. The van der Waals surface area contributed by atoms with Crippen LogP contribution in [-0.4, -0.2) is 59.7 Å². The average Bonchev–Trinajstić information content (AvgIpc) is 2.81. The molecular weight excluding hydrogens is 282 g/mol. The van der Waals surface area contributed by atoms with Crippen molar-refractivity contribution in [3.63, 3.8) is 0 Å². The van der Waals surface area contributed by atoms with Crippen molar-refractivity contribution in [1.82, 2.24) is 9.88 Å². The van der Waals surface area contributed by atoms with Crippen molar-refractivity contribution in [3.8, 4) is 0 Å². The molecule has 1 fully saturated rings. The largest absolute Gasteiger partial charge is 0.477 e. The Hall–Kier alpha value is -1.67. The second-order valence-electron chi connectivity index (χ2n) is 4.41. The zero-order valence-electron chi connectivity index (χ0n) is 11.2. The molecule has 1 aromatic heterocycles. The first-order chi connectivity index (χ1) is 9.58. The summed E-state index contributed by atoms with van der Waals surface area (Å²) < 4.78 is 5.19. The van der Waals surface area contributed by atoms with Gasteiger partial charge in [-0.25, -0.2) is 9.78 Å². The third kappa shape index (κ3) is 3.67. The molecule has 1 aromatic rings. The minimum absolute atomic E-state index is 0.0764. The first-order valence-electron chi connectivity index (χ1n) is 6.38. The van der Waals surface area contributed by atoms with E-state index < -0.39 is 5.97 Å². The number of nitrogens with one attached hydrogen (secondary N) is 1. The molecule has 1 saturated heterocycles. The van der Waals surface area contributed by atoms with Gasteiger partial charge in [0.05, 0.1) is 18.9 Å². The number of amides is 1. The van der Waals surface area contributed by atoms with E-state index in [1.54, 1.807) is 11.8 Å². The molecule has 0 aliphatic carbocycles. The van der Waals surface area contributed by atoms with Crippen molar-refractivity contribution in [2.45, 2.75) is 13.3 Å². The predicted molar refractivity (Wildman–Crippen MR) is 74.3 cm³/mol. The van der Waals surface area contributed by atoms with Gasteiger partial charge in [-0.05, 0) is 6.92 Å². The van der Waals surface area contributed by atoms with Crippen molar-refractivity contribution in [2.75, 3.05) is 38.2 Å². The molecule has 1 aliphatic rings. The number of ether oxygens (including phenoxy) is 1. The van der Waals surface area contributed by atoms with Crippen LogP contribution in [0, 0.1) is 6.92 Å². The van der Waals surface area contributed by atoms with E-state index in [-0.39, 0.29) is 10.8 Å². The third-order valence-corrected chi connectivity index (χ3v) is 4.07. The smallest absolute Gasteiger partial charge is 0.347 e. The first-order valence-corrected chi connectivity index (χ1v) is 7.19. The van der Waals surface area contributed by atoms with Crippen molar-refractivity contribution in [3.05, 3.63) is 10.6 Å². The van der Waals surface area contributed by atoms with E-state index in [4.69, 9.17) is 9.84 Å². The standard InChI is InChI=1S/C12H17N3O4S/c1-8-10(11(17)18)20-12(14-8)13-3-2-9(16)15-4-6-19-7-5-15/h2-7H2,1H3,(H,13,14)(H,17,18). The summed E-state index contributed by atoms with van der Waals surface area (Å²) in [5.74, 6) is -0.898. The lowest BCUT2D eigenvalue weighted by Gasteiger charge is -2.26. The van der Waals surface area contributed by atoms with Crippen LogP contribution in [0.3, 0.4) is 0 Å². The normalized spacial score (nSPS) is 15.2. The van der Waals surface area contributed by atoms with Crippen molar-refractivity contribution in [2.24, 2.45) is 0 Å². The molecule has 2 rings (SSSR count). The van der Waals surface area contributed by atoms with Crippen molar-refractivity contribution in [1.29, 1.82) is 0 Å². The molecule has 2 N–H and O–H groups in total. The number of nitrogens with zero attached hydrogens (tertiary/aromatic N) is 2. The van der Waals surface area contributed by atoms with Crippen LogP contribution in [-0.2, 0) is 9.53 Å². The van der Waals surface area contributed by atoms with Gasteiger partial charge in [-0.1, -0.05) is 11.3 Å². The van der Waals surface area contributed by atoms with Crippen LogP contribution >= 0.6 is 11.3 Å². The highest BCUT2D eigenvalue weighted by molar-refractivity contribution is 7.17. The number of rotatable bonds is 5. The summed E-state index contributed by atoms with van der Waals surface area (Å²) in [6.45, 7) is 4.56. The molecule has 7 nitrogen and oxygen atoms in total. The number of morpholine rings is 1. The Labute approximate surface area is 120 Å². The highest BCUT2D eigenvalue weighted by Crippen LogP contribution is 2.22. The monoisotopic (exact) mass is 299 g/mol. The number of thiazole rings is 1. The molecule has 0 spiro atoms. The maximum atomic E-state index is 11.9. The van der Waals surface area contributed by atoms with Crippen LogP contribution in [0.1, 0.15) is 21.8 Å². The summed E-state index contributed by atoms with van der Waals surface area (Å²) in [6.07, 6.45) is 0.362. The minimum Gasteiger partial charge on any atom is -0.477 e. The first kappa shape index (κ1) is 14.7. The minimum atomic E-state index is -0.975. The number of hydrogen-bond acceptors (Lipinski definition) is 6. The van der Waals surface area contributed by atoms with E-state index in [1.807, 2.05) is 0 Å². The third-order valence-electron chi connectivity index (χ3n) is 2.97. The zero-order valence-corrected chi connectivity index (χ0v) is 12.0. The SMILES string of the molecule is Cc1nc(NCCC(=O)N2CCOCC2)sc1C(=O)O. The second kappa shape index (κ2) is 6.67. The lowest BCUT2D eigenvalue weighted by Crippen LogP contribution is -2.41. The van der Waals surface area contributed by atoms with Gasteiger partial charge >= 0.3 is 5.97 Å². The van der Waals surface area contributed by atoms with E-state index in [0.717, 1.165) is 11.3 Å². The number of aryl methyl sites for hydroxylation is 1. The molecule has 0 aromatic carbocycles. The van der Waals surface area contributed by atoms with E-state index in [2.05, 4.69) is 10.3 Å². The van der Waals surface area contributed by atoms with Crippen LogP contribution in [0.25, 0.3) is 0 Å². The molecule has 1 amide bonds. The highest BCUT2D eigenvalue weighted by Gasteiger charge is 2.17. The van der Waals surface area contributed by atoms with Gasteiger partial charge in [-0.2, -0.15) is 0 Å². The van der Waals surface area contributed by atoms with E-state index in [9.17, 15) is 9.59 Å². The Morgan fingerprint density at radius 1 is 1.45 bits per heavy atom. The predicted octanol–water partition coefficient (Wildman–Crippen LogP) is 0.811. The molecule has 0 unspecified atom stereocenters. The summed E-state index contributed by atoms with van der Waals surface area (Å²) in [5.41, 5.74) is 0.490. The number of carboxylic acid groups (broad SMARTS) is 1. The molecular formula is C12H17N3O4S. The van der Waals surface area contributed by atoms with Crippen LogP contribution in [0.2, 0.25) is 0 Å². The number of carbonyl (C=O) groups is 2. The molecule has 20 heavy (non-hydrogen) atoms. The van der Waals surface area contributed by atoms with Crippen LogP contribution in [0.4, 0.5) is 5.13 Å². The fraction of sp³-hybridized carbons (Fsp3) is 0.583. The number of anilines is 1. The van der Waals surface area contributed by atoms with Crippen LogP contribution in [0.5, 0.6) is 0 Å². The Morgan fingerprint density at radius 3 is 2.75 bits per heavy atom. The molecule has 0 saturated carbocycles. The number of carbonyl (C=O) groups excluding carboxylic acids is 1. The van der Waals surface area contributed by atoms with Gasteiger partial charge in [0.1, 0.15) is 4.88 Å². The topological polar surface area (TPSA) is 91.8 Å². The summed E-state index contributed by atoms with van der Waals surface area (Å²) in [4.78, 5) is 28.9. The number of carboxylic acids is 1. The molecule has 0 bridgehead atoms. The summed E-state index contributed by atoms with van der Waals surface area (Å²) in [7, 11) is 0. The molecule has 2 heterocycles. The van der Waals surface area contributed by atoms with E-state index >= 15 is 0 Å². The van der Waals surface area contributed by atoms with Gasteiger partial charge in [0.25, 0.3) is 0 Å². The summed E-state index contributed by atoms with van der Waals surface area (Å²) in [6, 6.07) is 0. The second-order valence-corrected chi connectivity index (χ2v) is 5.41. The Balaban J connectivity index is 1.79. The molecule has 110 valence electrons. The highest BCUT2D eigenvalue weighted by atomic mass is 32.1. The van der Waals surface area contributed by atoms with Crippen LogP contribution in [0.15, 0.2) is 0 Å². The van der Waals surface area contributed by atoms with Crippen molar-refractivity contribution < 1.29 is 19.4 Å². The Morgan fingerprint density at radius 2 is 2.15 bits per heavy atom. The van der Waals surface area contributed by atoms with Gasteiger partial charge in [0.15, 0.2) is 5.13 Å². The lowest BCUT2D eigenvalue weighted by molar-refractivity contribution is -0.134. The van der Waals surface area contributed by atoms with E-state index in [1.165, 1.54) is 0 Å². The summed E-state index contributed by atoms with van der Waals surface area (Å²) in [5, 5.41) is 12.5. The Kier molecular flexibility index (Phi) is 4.91. The fourth-order valence-electron chi connectivity index (χ4n) is 1.92. The molecule has 0 atom stereocenters. The fourth-order valence-corrected chi connectivity index (χ4v) is 2.75. The van der Waals surface area contributed by atoms with Gasteiger partial charge < -0.3 is 20.1 Å².